The van der Waals surface area contributed by atoms with Crippen molar-refractivity contribution in [2.24, 2.45) is 0 Å². The summed E-state index contributed by atoms with van der Waals surface area (Å²) in [4.78, 5) is 6.54. The highest BCUT2D eigenvalue weighted by Crippen LogP contribution is 2.39. The van der Waals surface area contributed by atoms with Gasteiger partial charge >= 0.3 is 0 Å². The molecule has 198 valence electrons. The Balaban J connectivity index is 1.25. The minimum Gasteiger partial charge on any atom is -0.385 e. The minimum atomic E-state index is -0.557. The molecule has 3 aliphatic heterocycles. The van der Waals surface area contributed by atoms with Crippen molar-refractivity contribution in [1.29, 1.82) is 0 Å². The molecule has 0 atom stereocenters. The maximum absolute atomic E-state index is 15.1. The molecular weight excluding hydrogens is 479 g/mol. The van der Waals surface area contributed by atoms with E-state index in [0.717, 1.165) is 92.0 Å². The summed E-state index contributed by atoms with van der Waals surface area (Å²) in [5, 5.41) is 3.30. The second-order valence-corrected chi connectivity index (χ2v) is 10.8. The van der Waals surface area contributed by atoms with Crippen LogP contribution in [0.15, 0.2) is 49.0 Å². The minimum absolute atomic E-state index is 0.105. The van der Waals surface area contributed by atoms with Crippen molar-refractivity contribution in [3.63, 3.8) is 0 Å². The Hall–Kier alpha value is -3.26. The highest BCUT2D eigenvalue weighted by molar-refractivity contribution is 5.81. The average Bonchev–Trinajstić information content (AvgIpc) is 2.93. The summed E-state index contributed by atoms with van der Waals surface area (Å²) < 4.78 is 26.9. The SMILES string of the molecule is C=C1NCCc2cc(-c3cc(-c4ccc5c(c4)COC4(CCN(CCOC)CC4)C5)c(F)nc3N)ccc21. The lowest BCUT2D eigenvalue weighted by Gasteiger charge is -2.44. The molecule has 0 aliphatic carbocycles. The van der Waals surface area contributed by atoms with Crippen LogP contribution in [0, 0.1) is 5.95 Å². The number of nitrogens with one attached hydrogen (secondary N) is 1. The molecule has 0 amide bonds. The monoisotopic (exact) mass is 514 g/mol. The highest BCUT2D eigenvalue weighted by atomic mass is 19.1. The zero-order valence-corrected chi connectivity index (χ0v) is 22.0. The van der Waals surface area contributed by atoms with Crippen molar-refractivity contribution in [2.75, 3.05) is 45.6 Å². The maximum atomic E-state index is 15.1. The Kier molecular flexibility index (Phi) is 6.68. The summed E-state index contributed by atoms with van der Waals surface area (Å²) >= 11 is 0. The van der Waals surface area contributed by atoms with Gasteiger partial charge in [0.15, 0.2) is 0 Å². The topological polar surface area (TPSA) is 72.6 Å². The number of aromatic nitrogens is 1. The number of halogens is 1. The lowest BCUT2D eigenvalue weighted by Crippen LogP contribution is -2.49. The number of hydrogen-bond donors (Lipinski definition) is 2. The van der Waals surface area contributed by atoms with E-state index in [0.29, 0.717) is 12.2 Å². The first kappa shape index (κ1) is 25.0. The standard InChI is InChI=1S/C31H35FN4O2/c1-20-26-6-5-22(15-23(26)7-10-34-20)28-17-27(29(32)35-30(28)33)21-3-4-24-18-31(38-19-25(24)16-21)8-11-36(12-9-31)13-14-37-2/h3-6,15-17,34H,1,7-14,18-19H2,2H3,(H2,33,35). The fourth-order valence-electron chi connectivity index (χ4n) is 6.10. The maximum Gasteiger partial charge on any atom is 0.222 e. The molecule has 38 heavy (non-hydrogen) atoms. The number of ether oxygens (including phenoxy) is 2. The van der Waals surface area contributed by atoms with Gasteiger partial charge in [0, 0.05) is 62.1 Å². The van der Waals surface area contributed by atoms with Gasteiger partial charge < -0.3 is 25.4 Å². The number of anilines is 1. The molecule has 1 saturated heterocycles. The number of likely N-dealkylation sites (tertiary alicyclic amines) is 1. The molecule has 1 aromatic heterocycles. The van der Waals surface area contributed by atoms with Gasteiger partial charge in [0.05, 0.1) is 18.8 Å². The summed E-state index contributed by atoms with van der Waals surface area (Å²) in [6.45, 7) is 9.27. The molecule has 4 heterocycles. The van der Waals surface area contributed by atoms with Crippen molar-refractivity contribution in [2.45, 2.75) is 37.9 Å². The number of nitrogen functional groups attached to an aromatic ring is 1. The summed E-state index contributed by atoms with van der Waals surface area (Å²) in [6, 6.07) is 14.2. The summed E-state index contributed by atoms with van der Waals surface area (Å²) in [7, 11) is 1.75. The second kappa shape index (κ2) is 10.1. The van der Waals surface area contributed by atoms with Crippen LogP contribution in [-0.2, 0) is 28.9 Å². The quantitative estimate of drug-likeness (QED) is 0.477. The number of rotatable bonds is 5. The smallest absolute Gasteiger partial charge is 0.222 e. The van der Waals surface area contributed by atoms with Crippen molar-refractivity contribution in [1.82, 2.24) is 15.2 Å². The molecule has 6 nitrogen and oxygen atoms in total. The predicted octanol–water partition coefficient (Wildman–Crippen LogP) is 4.81. The zero-order valence-electron chi connectivity index (χ0n) is 22.0. The van der Waals surface area contributed by atoms with Gasteiger partial charge in [0.1, 0.15) is 5.82 Å². The lowest BCUT2D eigenvalue weighted by atomic mass is 9.81. The van der Waals surface area contributed by atoms with Crippen molar-refractivity contribution >= 4 is 11.5 Å². The van der Waals surface area contributed by atoms with Gasteiger partial charge in [-0.15, -0.1) is 0 Å². The second-order valence-electron chi connectivity index (χ2n) is 10.8. The number of methoxy groups -OCH3 is 1. The first-order valence-electron chi connectivity index (χ1n) is 13.4. The molecule has 0 bridgehead atoms. The molecule has 7 heteroatoms. The number of piperidine rings is 1. The molecule has 6 rings (SSSR count). The van der Waals surface area contributed by atoms with Crippen LogP contribution in [0.4, 0.5) is 10.2 Å². The third-order valence-electron chi connectivity index (χ3n) is 8.42. The largest absolute Gasteiger partial charge is 0.385 e. The van der Waals surface area contributed by atoms with Crippen LogP contribution in [0.2, 0.25) is 0 Å². The average molecular weight is 515 g/mol. The Morgan fingerprint density at radius 1 is 1.05 bits per heavy atom. The normalized spacial score (nSPS) is 18.6. The third kappa shape index (κ3) is 4.70. The van der Waals surface area contributed by atoms with Crippen LogP contribution >= 0.6 is 0 Å². The molecule has 3 aliphatic rings. The Morgan fingerprint density at radius 3 is 2.63 bits per heavy atom. The molecule has 0 unspecified atom stereocenters. The van der Waals surface area contributed by atoms with Gasteiger partial charge in [-0.05, 0) is 59.2 Å². The fraction of sp³-hybridized carbons (Fsp3) is 0.387. The lowest BCUT2D eigenvalue weighted by molar-refractivity contribution is -0.103. The van der Waals surface area contributed by atoms with Crippen LogP contribution in [0.25, 0.3) is 28.0 Å². The number of nitrogens with zero attached hydrogens (tertiary/aromatic N) is 2. The first-order valence-corrected chi connectivity index (χ1v) is 13.4. The van der Waals surface area contributed by atoms with E-state index in [4.69, 9.17) is 15.2 Å². The van der Waals surface area contributed by atoms with Gasteiger partial charge in [-0.2, -0.15) is 4.39 Å². The molecule has 1 spiro atoms. The van der Waals surface area contributed by atoms with Crippen molar-refractivity contribution < 1.29 is 13.9 Å². The van der Waals surface area contributed by atoms with E-state index in [1.807, 2.05) is 18.2 Å². The van der Waals surface area contributed by atoms with Crippen LogP contribution in [0.5, 0.6) is 0 Å². The molecule has 3 N–H and O–H groups in total. The third-order valence-corrected chi connectivity index (χ3v) is 8.42. The number of benzene rings is 2. The van der Waals surface area contributed by atoms with Gasteiger partial charge in [-0.25, -0.2) is 4.98 Å². The van der Waals surface area contributed by atoms with E-state index in [-0.39, 0.29) is 11.4 Å². The van der Waals surface area contributed by atoms with E-state index in [1.54, 1.807) is 7.11 Å². The van der Waals surface area contributed by atoms with Crippen LogP contribution in [0.3, 0.4) is 0 Å². The van der Waals surface area contributed by atoms with Gasteiger partial charge in [0.25, 0.3) is 0 Å². The van der Waals surface area contributed by atoms with Crippen molar-refractivity contribution in [3.8, 4) is 22.3 Å². The Morgan fingerprint density at radius 2 is 1.82 bits per heavy atom. The number of pyridine rings is 1. The number of hydrogen-bond acceptors (Lipinski definition) is 6. The summed E-state index contributed by atoms with van der Waals surface area (Å²) in [5.41, 5.74) is 14.7. The van der Waals surface area contributed by atoms with Gasteiger partial charge in [-0.1, -0.05) is 36.9 Å². The molecule has 0 saturated carbocycles. The van der Waals surface area contributed by atoms with E-state index >= 15 is 4.39 Å². The Labute approximate surface area is 223 Å². The predicted molar refractivity (Wildman–Crippen MR) is 149 cm³/mol. The first-order chi connectivity index (χ1) is 18.4. The summed E-state index contributed by atoms with van der Waals surface area (Å²) in [5.74, 6) is -0.364. The molecule has 1 fully saturated rings. The van der Waals surface area contributed by atoms with Gasteiger partial charge in [-0.3, -0.25) is 0 Å². The fourth-order valence-corrected chi connectivity index (χ4v) is 6.10. The van der Waals surface area contributed by atoms with E-state index in [9.17, 15) is 0 Å². The van der Waals surface area contributed by atoms with Crippen molar-refractivity contribution in [3.05, 3.63) is 77.2 Å². The van der Waals surface area contributed by atoms with Crippen LogP contribution < -0.4 is 11.1 Å². The highest BCUT2D eigenvalue weighted by Gasteiger charge is 2.38. The van der Waals surface area contributed by atoms with Crippen LogP contribution in [-0.4, -0.2) is 55.4 Å². The summed E-state index contributed by atoms with van der Waals surface area (Å²) in [6.07, 6.45) is 3.83. The van der Waals surface area contributed by atoms with E-state index in [1.165, 1.54) is 11.1 Å². The van der Waals surface area contributed by atoms with Gasteiger partial charge in [0.2, 0.25) is 5.95 Å². The van der Waals surface area contributed by atoms with E-state index < -0.39 is 5.95 Å². The van der Waals surface area contributed by atoms with E-state index in [2.05, 4.69) is 46.0 Å². The number of nitrogens with two attached hydrogens (primary N) is 1. The van der Waals surface area contributed by atoms with Crippen LogP contribution in [0.1, 0.15) is 35.1 Å². The molecular formula is C31H35FN4O2. The Bertz CT molecular complexity index is 1380. The zero-order chi connectivity index (χ0) is 26.3. The molecule has 0 radical (unpaired) electrons. The molecule has 3 aromatic rings. The molecule has 2 aromatic carbocycles. The number of fused-ring (bicyclic) bond motifs is 2.